The average Bonchev–Trinajstić information content (AvgIpc) is 2.47. The van der Waals surface area contributed by atoms with Gasteiger partial charge in [-0.05, 0) is 37.1 Å². The second-order valence-corrected chi connectivity index (χ2v) is 5.87. The minimum Gasteiger partial charge on any atom is -0.444 e. The molecular weight excluding hydrogens is 278 g/mol. The van der Waals surface area contributed by atoms with Gasteiger partial charge in [0.15, 0.2) is 0 Å². The molecule has 0 bridgehead atoms. The van der Waals surface area contributed by atoms with Crippen LogP contribution in [0.4, 0.5) is 10.5 Å². The van der Waals surface area contributed by atoms with Crippen molar-refractivity contribution in [1.82, 2.24) is 0 Å². The number of rotatable bonds is 5. The predicted molar refractivity (Wildman–Crippen MR) is 86.7 cm³/mol. The second kappa shape index (κ2) is 7.09. The van der Waals surface area contributed by atoms with Crippen LogP contribution in [0.1, 0.15) is 25.0 Å². The Labute approximate surface area is 130 Å². The highest BCUT2D eigenvalue weighted by Gasteiger charge is 2.13. The molecule has 1 amide bonds. The van der Waals surface area contributed by atoms with Gasteiger partial charge in [-0.3, -0.25) is 5.32 Å². The first-order chi connectivity index (χ1) is 10.4. The number of hydrogen-bond acceptors (Lipinski definition) is 3. The molecule has 0 aliphatic rings. The molecule has 0 unspecified atom stereocenters. The summed E-state index contributed by atoms with van der Waals surface area (Å²) in [4.78, 5) is 11.7. The van der Waals surface area contributed by atoms with Crippen LogP contribution in [0.25, 0.3) is 0 Å². The molecule has 4 heteroatoms. The molecule has 0 aliphatic carbocycles. The molecule has 116 valence electrons. The summed E-state index contributed by atoms with van der Waals surface area (Å²) in [5, 5.41) is 12.5. The highest BCUT2D eigenvalue weighted by Crippen LogP contribution is 2.15. The summed E-state index contributed by atoms with van der Waals surface area (Å²) in [5.41, 5.74) is 1.87. The van der Waals surface area contributed by atoms with E-state index in [1.807, 2.05) is 42.5 Å². The first-order valence-corrected chi connectivity index (χ1v) is 7.21. The van der Waals surface area contributed by atoms with Crippen LogP contribution in [-0.2, 0) is 17.8 Å². The van der Waals surface area contributed by atoms with Crippen molar-refractivity contribution in [2.24, 2.45) is 0 Å². The lowest BCUT2D eigenvalue weighted by atomic mass is 9.99. The first kappa shape index (κ1) is 16.0. The van der Waals surface area contributed by atoms with Gasteiger partial charge in [-0.1, -0.05) is 42.5 Å². The van der Waals surface area contributed by atoms with Gasteiger partial charge in [0.25, 0.3) is 0 Å². The Hall–Kier alpha value is -2.33. The van der Waals surface area contributed by atoms with Crippen LogP contribution < -0.4 is 5.32 Å². The highest BCUT2D eigenvalue weighted by atomic mass is 16.5. The SMILES string of the molecule is CC(C)(O)Cc1ccc(NC(=O)OCc2ccccc2)cc1. The normalized spacial score (nSPS) is 11.0. The van der Waals surface area contributed by atoms with E-state index >= 15 is 0 Å². The molecule has 0 spiro atoms. The maximum absolute atomic E-state index is 11.7. The smallest absolute Gasteiger partial charge is 0.411 e. The van der Waals surface area contributed by atoms with Crippen molar-refractivity contribution >= 4 is 11.8 Å². The molecule has 0 radical (unpaired) electrons. The number of nitrogens with one attached hydrogen (secondary N) is 1. The molecule has 0 aromatic heterocycles. The fourth-order valence-electron chi connectivity index (χ4n) is 2.08. The van der Waals surface area contributed by atoms with Crippen molar-refractivity contribution in [1.29, 1.82) is 0 Å². The van der Waals surface area contributed by atoms with E-state index in [2.05, 4.69) is 5.32 Å². The molecule has 0 aliphatic heterocycles. The summed E-state index contributed by atoms with van der Waals surface area (Å²) in [6.07, 6.45) is 0.0743. The van der Waals surface area contributed by atoms with E-state index in [-0.39, 0.29) is 6.61 Å². The summed E-state index contributed by atoms with van der Waals surface area (Å²) in [6, 6.07) is 16.9. The monoisotopic (exact) mass is 299 g/mol. The fraction of sp³-hybridized carbons (Fsp3) is 0.278. The van der Waals surface area contributed by atoms with E-state index in [4.69, 9.17) is 4.74 Å². The molecule has 22 heavy (non-hydrogen) atoms. The lowest BCUT2D eigenvalue weighted by Crippen LogP contribution is -2.21. The van der Waals surface area contributed by atoms with Crippen LogP contribution in [0, 0.1) is 0 Å². The zero-order valence-corrected chi connectivity index (χ0v) is 12.9. The van der Waals surface area contributed by atoms with Crippen LogP contribution >= 0.6 is 0 Å². The molecular formula is C18H21NO3. The standard InChI is InChI=1S/C18H21NO3/c1-18(2,21)12-14-8-10-16(11-9-14)19-17(20)22-13-15-6-4-3-5-7-15/h3-11,21H,12-13H2,1-2H3,(H,19,20). The molecule has 2 rings (SSSR count). The average molecular weight is 299 g/mol. The van der Waals surface area contributed by atoms with Gasteiger partial charge in [-0.2, -0.15) is 0 Å². The largest absolute Gasteiger partial charge is 0.444 e. The summed E-state index contributed by atoms with van der Waals surface area (Å²) in [7, 11) is 0. The highest BCUT2D eigenvalue weighted by molar-refractivity contribution is 5.84. The number of benzene rings is 2. The molecule has 0 saturated carbocycles. The second-order valence-electron chi connectivity index (χ2n) is 5.87. The Kier molecular flexibility index (Phi) is 5.17. The fourth-order valence-corrected chi connectivity index (χ4v) is 2.08. The summed E-state index contributed by atoms with van der Waals surface area (Å²) in [6.45, 7) is 3.77. The van der Waals surface area contributed by atoms with E-state index in [0.717, 1.165) is 11.1 Å². The van der Waals surface area contributed by atoms with E-state index < -0.39 is 11.7 Å². The van der Waals surface area contributed by atoms with Crippen molar-refractivity contribution in [3.8, 4) is 0 Å². The van der Waals surface area contributed by atoms with Crippen LogP contribution in [0.3, 0.4) is 0 Å². The van der Waals surface area contributed by atoms with Gasteiger partial charge in [0, 0.05) is 12.1 Å². The molecule has 0 atom stereocenters. The summed E-state index contributed by atoms with van der Waals surface area (Å²) >= 11 is 0. The number of hydrogen-bond donors (Lipinski definition) is 2. The maximum atomic E-state index is 11.7. The number of anilines is 1. The maximum Gasteiger partial charge on any atom is 0.411 e. The summed E-state index contributed by atoms with van der Waals surface area (Å²) < 4.78 is 5.15. The summed E-state index contributed by atoms with van der Waals surface area (Å²) in [5.74, 6) is 0. The van der Waals surface area contributed by atoms with Crippen molar-refractivity contribution in [2.75, 3.05) is 5.32 Å². The third-order valence-electron chi connectivity index (χ3n) is 3.05. The van der Waals surface area contributed by atoms with Gasteiger partial charge in [0.2, 0.25) is 0 Å². The third kappa shape index (κ3) is 5.58. The zero-order valence-electron chi connectivity index (χ0n) is 12.9. The Morgan fingerprint density at radius 3 is 2.27 bits per heavy atom. The predicted octanol–water partition coefficient (Wildman–Crippen LogP) is 3.75. The van der Waals surface area contributed by atoms with E-state index in [1.165, 1.54) is 0 Å². The van der Waals surface area contributed by atoms with Crippen LogP contribution in [0.2, 0.25) is 0 Å². The number of amides is 1. The topological polar surface area (TPSA) is 58.6 Å². The number of ether oxygens (including phenoxy) is 1. The Morgan fingerprint density at radius 1 is 1.05 bits per heavy atom. The molecule has 0 fully saturated rings. The molecule has 0 heterocycles. The molecule has 2 N–H and O–H groups in total. The Balaban J connectivity index is 1.84. The Bertz CT molecular complexity index is 600. The van der Waals surface area contributed by atoms with Gasteiger partial charge in [0.05, 0.1) is 5.60 Å². The molecule has 2 aromatic carbocycles. The number of carbonyl (C=O) groups is 1. The third-order valence-corrected chi connectivity index (χ3v) is 3.05. The zero-order chi connectivity index (χ0) is 16.0. The van der Waals surface area contributed by atoms with E-state index in [1.54, 1.807) is 26.0 Å². The van der Waals surface area contributed by atoms with E-state index in [9.17, 15) is 9.90 Å². The van der Waals surface area contributed by atoms with Crippen molar-refractivity contribution in [3.05, 3.63) is 65.7 Å². The minimum absolute atomic E-state index is 0.240. The lowest BCUT2D eigenvalue weighted by molar-refractivity contribution is 0.0810. The van der Waals surface area contributed by atoms with Crippen molar-refractivity contribution in [3.63, 3.8) is 0 Å². The van der Waals surface area contributed by atoms with Gasteiger partial charge in [0.1, 0.15) is 6.61 Å². The molecule has 4 nitrogen and oxygen atoms in total. The first-order valence-electron chi connectivity index (χ1n) is 7.21. The van der Waals surface area contributed by atoms with Crippen molar-refractivity contribution < 1.29 is 14.6 Å². The van der Waals surface area contributed by atoms with Gasteiger partial charge in [-0.25, -0.2) is 4.79 Å². The van der Waals surface area contributed by atoms with Crippen LogP contribution in [0.5, 0.6) is 0 Å². The van der Waals surface area contributed by atoms with Crippen LogP contribution in [0.15, 0.2) is 54.6 Å². The van der Waals surface area contributed by atoms with Gasteiger partial charge in [-0.15, -0.1) is 0 Å². The molecule has 0 saturated heterocycles. The number of aliphatic hydroxyl groups is 1. The van der Waals surface area contributed by atoms with Gasteiger partial charge >= 0.3 is 6.09 Å². The Morgan fingerprint density at radius 2 is 1.68 bits per heavy atom. The number of carbonyl (C=O) groups excluding carboxylic acids is 1. The quantitative estimate of drug-likeness (QED) is 0.884. The molecule has 2 aromatic rings. The van der Waals surface area contributed by atoms with Gasteiger partial charge < -0.3 is 9.84 Å². The van der Waals surface area contributed by atoms with Crippen molar-refractivity contribution in [2.45, 2.75) is 32.5 Å². The minimum atomic E-state index is -0.746. The van der Waals surface area contributed by atoms with E-state index in [0.29, 0.717) is 12.1 Å². The lowest BCUT2D eigenvalue weighted by Gasteiger charge is -2.17. The van der Waals surface area contributed by atoms with Crippen LogP contribution in [-0.4, -0.2) is 16.8 Å².